The molecular weight excluding hydrogens is 298 g/mol. The Hall–Kier alpha value is -1.69. The first kappa shape index (κ1) is 12.8. The summed E-state index contributed by atoms with van der Waals surface area (Å²) in [6, 6.07) is 6.08. The number of pyridine rings is 1. The van der Waals surface area contributed by atoms with Gasteiger partial charge in [-0.2, -0.15) is 4.98 Å². The van der Waals surface area contributed by atoms with E-state index in [9.17, 15) is 0 Å². The van der Waals surface area contributed by atoms with Crippen molar-refractivity contribution >= 4 is 15.9 Å². The summed E-state index contributed by atoms with van der Waals surface area (Å²) in [7, 11) is 1.55. The minimum Gasteiger partial charge on any atom is -0.480 e. The average Bonchev–Trinajstić information content (AvgIpc) is 2.42. The van der Waals surface area contributed by atoms with Crippen LogP contribution in [0.15, 0.2) is 35.1 Å². The van der Waals surface area contributed by atoms with E-state index in [4.69, 9.17) is 9.47 Å². The van der Waals surface area contributed by atoms with Crippen LogP contribution in [0, 0.1) is 0 Å². The summed E-state index contributed by atoms with van der Waals surface area (Å²) in [5.41, 5.74) is 0.974. The topological polar surface area (TPSA) is 57.1 Å². The number of methoxy groups -OCH3 is 1. The number of nitrogens with zero attached hydrogens (tertiary/aromatic N) is 3. The fraction of sp³-hybridized carbons (Fsp3) is 0.250. The van der Waals surface area contributed by atoms with Gasteiger partial charge in [-0.3, -0.25) is 4.98 Å². The van der Waals surface area contributed by atoms with Gasteiger partial charge in [-0.15, -0.1) is 0 Å². The molecule has 0 unspecified atom stereocenters. The second-order valence-electron chi connectivity index (χ2n) is 3.43. The normalized spacial score (nSPS) is 10.1. The van der Waals surface area contributed by atoms with E-state index in [0.717, 1.165) is 5.69 Å². The Bertz CT molecular complexity index is 508. The summed E-state index contributed by atoms with van der Waals surface area (Å²) >= 11 is 3.28. The predicted molar refractivity (Wildman–Crippen MR) is 69.7 cm³/mol. The van der Waals surface area contributed by atoms with Crippen LogP contribution in [-0.2, 0) is 6.42 Å². The summed E-state index contributed by atoms with van der Waals surface area (Å²) in [5.74, 6) is 0.456. The standard InChI is InChI=1S/C12H12BrN3O2/c1-17-11-10(13)8-15-12(16-11)18-7-5-9-4-2-3-6-14-9/h2-4,6,8H,5,7H2,1H3. The lowest BCUT2D eigenvalue weighted by molar-refractivity contribution is 0.286. The molecule has 0 N–H and O–H groups in total. The van der Waals surface area contributed by atoms with Crippen LogP contribution in [-0.4, -0.2) is 28.7 Å². The molecule has 0 aromatic carbocycles. The van der Waals surface area contributed by atoms with Gasteiger partial charge < -0.3 is 9.47 Å². The van der Waals surface area contributed by atoms with Gasteiger partial charge in [-0.05, 0) is 28.1 Å². The molecule has 0 aliphatic carbocycles. The van der Waals surface area contributed by atoms with Crippen LogP contribution in [0.5, 0.6) is 11.9 Å². The maximum absolute atomic E-state index is 5.44. The van der Waals surface area contributed by atoms with Crippen molar-refractivity contribution in [3.8, 4) is 11.9 Å². The third-order valence-corrected chi connectivity index (χ3v) is 2.74. The zero-order valence-corrected chi connectivity index (χ0v) is 11.4. The molecule has 2 aromatic rings. The van der Waals surface area contributed by atoms with Crippen LogP contribution >= 0.6 is 15.9 Å². The van der Waals surface area contributed by atoms with Gasteiger partial charge in [-0.25, -0.2) is 4.98 Å². The number of rotatable bonds is 5. The van der Waals surface area contributed by atoms with E-state index in [1.54, 1.807) is 19.5 Å². The van der Waals surface area contributed by atoms with Crippen LogP contribution in [0.3, 0.4) is 0 Å². The van der Waals surface area contributed by atoms with Crippen molar-refractivity contribution in [1.29, 1.82) is 0 Å². The highest BCUT2D eigenvalue weighted by Crippen LogP contribution is 2.22. The molecule has 0 radical (unpaired) electrons. The summed E-state index contributed by atoms with van der Waals surface area (Å²) in [4.78, 5) is 12.3. The zero-order chi connectivity index (χ0) is 12.8. The molecule has 0 fully saturated rings. The van der Waals surface area contributed by atoms with Crippen LogP contribution in [0.1, 0.15) is 5.69 Å². The molecule has 2 heterocycles. The van der Waals surface area contributed by atoms with Crippen molar-refractivity contribution in [2.24, 2.45) is 0 Å². The molecule has 0 aliphatic rings. The number of ether oxygens (including phenoxy) is 2. The van der Waals surface area contributed by atoms with Gasteiger partial charge in [-0.1, -0.05) is 6.07 Å². The molecule has 0 amide bonds. The SMILES string of the molecule is COc1nc(OCCc2ccccn2)ncc1Br. The van der Waals surface area contributed by atoms with E-state index in [1.807, 2.05) is 18.2 Å². The highest BCUT2D eigenvalue weighted by atomic mass is 79.9. The van der Waals surface area contributed by atoms with E-state index in [0.29, 0.717) is 29.4 Å². The molecule has 0 aliphatic heterocycles. The van der Waals surface area contributed by atoms with Gasteiger partial charge in [0, 0.05) is 18.3 Å². The minimum absolute atomic E-state index is 0.297. The van der Waals surface area contributed by atoms with Crippen LogP contribution in [0.4, 0.5) is 0 Å². The first-order chi connectivity index (χ1) is 8.79. The Morgan fingerprint density at radius 2 is 2.17 bits per heavy atom. The Kier molecular flexibility index (Phi) is 4.46. The summed E-state index contributed by atoms with van der Waals surface area (Å²) < 4.78 is 11.2. The first-order valence-corrected chi connectivity index (χ1v) is 6.18. The molecule has 0 bridgehead atoms. The lowest BCUT2D eigenvalue weighted by atomic mass is 10.3. The quantitative estimate of drug-likeness (QED) is 0.848. The minimum atomic E-state index is 0.297. The third kappa shape index (κ3) is 3.40. The second-order valence-corrected chi connectivity index (χ2v) is 4.28. The molecule has 0 saturated heterocycles. The lowest BCUT2D eigenvalue weighted by Crippen LogP contribution is -2.05. The number of hydrogen-bond donors (Lipinski definition) is 0. The lowest BCUT2D eigenvalue weighted by Gasteiger charge is -2.06. The van der Waals surface area contributed by atoms with Crippen molar-refractivity contribution in [2.75, 3.05) is 13.7 Å². The van der Waals surface area contributed by atoms with Crippen LogP contribution < -0.4 is 9.47 Å². The summed E-state index contributed by atoms with van der Waals surface area (Å²) in [6.07, 6.45) is 4.07. The highest BCUT2D eigenvalue weighted by molar-refractivity contribution is 9.10. The van der Waals surface area contributed by atoms with E-state index in [1.165, 1.54) is 0 Å². The molecule has 2 rings (SSSR count). The number of hydrogen-bond acceptors (Lipinski definition) is 5. The smallest absolute Gasteiger partial charge is 0.319 e. The van der Waals surface area contributed by atoms with Gasteiger partial charge in [0.25, 0.3) is 0 Å². The van der Waals surface area contributed by atoms with Crippen molar-refractivity contribution in [3.05, 3.63) is 40.8 Å². The molecule has 0 atom stereocenters. The molecular formula is C12H12BrN3O2. The second kappa shape index (κ2) is 6.30. The van der Waals surface area contributed by atoms with Crippen molar-refractivity contribution in [1.82, 2.24) is 15.0 Å². The Morgan fingerprint density at radius 3 is 2.89 bits per heavy atom. The van der Waals surface area contributed by atoms with Gasteiger partial charge in [0.15, 0.2) is 0 Å². The fourth-order valence-electron chi connectivity index (χ4n) is 1.34. The third-order valence-electron chi connectivity index (χ3n) is 2.20. The molecule has 2 aromatic heterocycles. The fourth-order valence-corrected chi connectivity index (χ4v) is 1.69. The van der Waals surface area contributed by atoms with Gasteiger partial charge in [0.1, 0.15) is 0 Å². The maximum Gasteiger partial charge on any atom is 0.319 e. The Balaban J connectivity index is 1.91. The van der Waals surface area contributed by atoms with E-state index < -0.39 is 0 Å². The number of aromatic nitrogens is 3. The predicted octanol–water partition coefficient (Wildman–Crippen LogP) is 2.26. The first-order valence-electron chi connectivity index (χ1n) is 5.39. The molecule has 6 heteroatoms. The van der Waals surface area contributed by atoms with Gasteiger partial charge >= 0.3 is 6.01 Å². The summed E-state index contributed by atoms with van der Waals surface area (Å²) in [6.45, 7) is 0.474. The zero-order valence-electron chi connectivity index (χ0n) is 9.84. The Morgan fingerprint density at radius 1 is 1.28 bits per heavy atom. The molecule has 0 spiro atoms. The largest absolute Gasteiger partial charge is 0.480 e. The van der Waals surface area contributed by atoms with Crippen LogP contribution in [0.25, 0.3) is 0 Å². The highest BCUT2D eigenvalue weighted by Gasteiger charge is 2.05. The van der Waals surface area contributed by atoms with Crippen LogP contribution in [0.2, 0.25) is 0 Å². The monoisotopic (exact) mass is 309 g/mol. The maximum atomic E-state index is 5.44. The van der Waals surface area contributed by atoms with Crippen molar-refractivity contribution in [3.63, 3.8) is 0 Å². The van der Waals surface area contributed by atoms with E-state index in [2.05, 4.69) is 30.9 Å². The molecule has 18 heavy (non-hydrogen) atoms. The van der Waals surface area contributed by atoms with Crippen molar-refractivity contribution in [2.45, 2.75) is 6.42 Å². The summed E-state index contributed by atoms with van der Waals surface area (Å²) in [5, 5.41) is 0. The average molecular weight is 310 g/mol. The van der Waals surface area contributed by atoms with Crippen molar-refractivity contribution < 1.29 is 9.47 Å². The van der Waals surface area contributed by atoms with Gasteiger partial charge in [0.05, 0.1) is 24.4 Å². The number of halogens is 1. The van der Waals surface area contributed by atoms with E-state index >= 15 is 0 Å². The van der Waals surface area contributed by atoms with E-state index in [-0.39, 0.29) is 0 Å². The molecule has 5 nitrogen and oxygen atoms in total. The Labute approximate surface area is 113 Å². The molecule has 94 valence electrons. The molecule has 0 saturated carbocycles. The van der Waals surface area contributed by atoms with Gasteiger partial charge in [0.2, 0.25) is 5.88 Å².